The Labute approximate surface area is 197 Å². The molecule has 1 aliphatic rings. The molecule has 0 unspecified atom stereocenters. The first-order valence-corrected chi connectivity index (χ1v) is 12.2. The molecule has 5 rings (SSSR count). The molecule has 0 saturated carbocycles. The number of furan rings is 1. The molecule has 9 nitrogen and oxygen atoms in total. The van der Waals surface area contributed by atoms with Gasteiger partial charge in [0, 0.05) is 18.8 Å². The molecule has 3 aromatic heterocycles. The van der Waals surface area contributed by atoms with Crippen molar-refractivity contribution in [3.05, 3.63) is 64.3 Å². The molecule has 0 atom stereocenters. The fourth-order valence-corrected chi connectivity index (χ4v) is 5.14. The van der Waals surface area contributed by atoms with Crippen LogP contribution >= 0.6 is 23.1 Å². The van der Waals surface area contributed by atoms with E-state index in [1.54, 1.807) is 6.26 Å². The van der Waals surface area contributed by atoms with Crippen molar-refractivity contribution in [3.8, 4) is 0 Å². The molecule has 170 valence electrons. The van der Waals surface area contributed by atoms with Crippen LogP contribution in [0.4, 0.5) is 16.0 Å². The van der Waals surface area contributed by atoms with Crippen LogP contribution in [0.25, 0.3) is 0 Å². The zero-order chi connectivity index (χ0) is 22.6. The molecule has 0 aliphatic carbocycles. The number of carbonyl (C=O) groups is 1. The fraction of sp³-hybridized carbons (Fsp3) is 0.286. The topological polar surface area (TPSA) is 102 Å². The van der Waals surface area contributed by atoms with E-state index in [9.17, 15) is 9.18 Å². The molecule has 4 aromatic rings. The van der Waals surface area contributed by atoms with Crippen LogP contribution in [0, 0.1) is 5.82 Å². The molecule has 1 aliphatic heterocycles. The number of nitrogens with one attached hydrogen (secondary N) is 1. The Hall–Kier alpha value is -3.25. The van der Waals surface area contributed by atoms with E-state index < -0.39 is 0 Å². The number of halogens is 1. The predicted molar refractivity (Wildman–Crippen MR) is 123 cm³/mol. The Morgan fingerprint density at radius 2 is 1.94 bits per heavy atom. The van der Waals surface area contributed by atoms with E-state index in [0.29, 0.717) is 23.0 Å². The van der Waals surface area contributed by atoms with Crippen LogP contribution in [0.5, 0.6) is 0 Å². The number of carbonyl (C=O) groups excluding carboxylic acids is 1. The van der Waals surface area contributed by atoms with E-state index in [2.05, 4.69) is 35.2 Å². The summed E-state index contributed by atoms with van der Waals surface area (Å²) in [6, 6.07) is 9.35. The summed E-state index contributed by atoms with van der Waals surface area (Å²) in [5.74, 6) is 1.41. The second kappa shape index (κ2) is 9.71. The largest absolute Gasteiger partial charge is 0.467 e. The maximum Gasteiger partial charge on any atom is 0.286 e. The van der Waals surface area contributed by atoms with Crippen molar-refractivity contribution in [2.24, 2.45) is 0 Å². The lowest BCUT2D eigenvalue weighted by atomic mass is 10.3. The first kappa shape index (κ1) is 21.6. The zero-order valence-corrected chi connectivity index (χ0v) is 19.1. The average molecular weight is 486 g/mol. The quantitative estimate of drug-likeness (QED) is 0.373. The van der Waals surface area contributed by atoms with E-state index in [1.165, 1.54) is 47.4 Å². The minimum atomic E-state index is -0.382. The number of amides is 1. The summed E-state index contributed by atoms with van der Waals surface area (Å²) in [5.41, 5.74) is 0.494. The van der Waals surface area contributed by atoms with Crippen molar-refractivity contribution in [1.29, 1.82) is 0 Å². The molecular weight excluding hydrogens is 465 g/mol. The molecule has 1 amide bonds. The number of hydrogen-bond acceptors (Lipinski definition) is 9. The van der Waals surface area contributed by atoms with Crippen molar-refractivity contribution in [2.75, 3.05) is 23.3 Å². The second-order valence-electron chi connectivity index (χ2n) is 7.39. The van der Waals surface area contributed by atoms with Gasteiger partial charge >= 0.3 is 0 Å². The summed E-state index contributed by atoms with van der Waals surface area (Å²) < 4.78 is 20.6. The lowest BCUT2D eigenvalue weighted by molar-refractivity contribution is 0.102. The zero-order valence-electron chi connectivity index (χ0n) is 17.5. The van der Waals surface area contributed by atoms with Gasteiger partial charge < -0.3 is 14.6 Å². The van der Waals surface area contributed by atoms with Crippen LogP contribution in [-0.2, 0) is 12.3 Å². The van der Waals surface area contributed by atoms with E-state index >= 15 is 0 Å². The molecule has 1 fully saturated rings. The summed E-state index contributed by atoms with van der Waals surface area (Å²) in [4.78, 5) is 14.7. The van der Waals surface area contributed by atoms with Gasteiger partial charge in [0.25, 0.3) is 5.91 Å². The van der Waals surface area contributed by atoms with Crippen LogP contribution in [0.15, 0.2) is 52.2 Å². The molecular formula is C21H20FN7O2S2. The van der Waals surface area contributed by atoms with Gasteiger partial charge in [0.1, 0.15) is 16.6 Å². The SMILES string of the molecule is O=C(Nc1ccc(F)cc1)c1nnc(CSc2nnc(N3CCCC3)n2Cc2ccco2)s1. The number of benzene rings is 1. The minimum Gasteiger partial charge on any atom is -0.467 e. The Morgan fingerprint density at radius 3 is 2.70 bits per heavy atom. The van der Waals surface area contributed by atoms with Crippen molar-refractivity contribution >= 4 is 40.6 Å². The first-order chi connectivity index (χ1) is 16.2. The highest BCUT2D eigenvalue weighted by Gasteiger charge is 2.22. The van der Waals surface area contributed by atoms with Crippen LogP contribution in [-0.4, -0.2) is 44.0 Å². The molecule has 1 N–H and O–H groups in total. The van der Waals surface area contributed by atoms with Crippen LogP contribution in [0.1, 0.15) is 33.4 Å². The molecule has 33 heavy (non-hydrogen) atoms. The molecule has 4 heterocycles. The van der Waals surface area contributed by atoms with Gasteiger partial charge in [0.15, 0.2) is 5.16 Å². The number of nitrogens with zero attached hydrogens (tertiary/aromatic N) is 6. The van der Waals surface area contributed by atoms with Gasteiger partial charge in [-0.3, -0.25) is 9.36 Å². The van der Waals surface area contributed by atoms with Gasteiger partial charge in [0.05, 0.1) is 18.6 Å². The third kappa shape index (κ3) is 5.06. The first-order valence-electron chi connectivity index (χ1n) is 10.4. The highest BCUT2D eigenvalue weighted by atomic mass is 32.2. The van der Waals surface area contributed by atoms with Gasteiger partial charge in [-0.25, -0.2) is 4.39 Å². The Morgan fingerprint density at radius 1 is 1.12 bits per heavy atom. The van der Waals surface area contributed by atoms with Crippen molar-refractivity contribution in [1.82, 2.24) is 25.0 Å². The third-order valence-corrected chi connectivity index (χ3v) is 7.15. The van der Waals surface area contributed by atoms with Crippen molar-refractivity contribution < 1.29 is 13.6 Å². The lowest BCUT2D eigenvalue weighted by Crippen LogP contribution is -2.22. The Bertz CT molecular complexity index is 1220. The summed E-state index contributed by atoms with van der Waals surface area (Å²) >= 11 is 2.70. The number of hydrogen-bond donors (Lipinski definition) is 1. The van der Waals surface area contributed by atoms with E-state index in [1.807, 2.05) is 12.1 Å². The van der Waals surface area contributed by atoms with Gasteiger partial charge in [-0.05, 0) is 49.2 Å². The summed E-state index contributed by atoms with van der Waals surface area (Å²) in [7, 11) is 0. The van der Waals surface area contributed by atoms with E-state index in [0.717, 1.165) is 42.8 Å². The molecule has 0 bridgehead atoms. The van der Waals surface area contributed by atoms with Gasteiger partial charge in [-0.1, -0.05) is 23.1 Å². The van der Waals surface area contributed by atoms with Crippen molar-refractivity contribution in [2.45, 2.75) is 30.3 Å². The predicted octanol–water partition coefficient (Wildman–Crippen LogP) is 4.05. The minimum absolute atomic E-state index is 0.240. The highest BCUT2D eigenvalue weighted by molar-refractivity contribution is 7.98. The van der Waals surface area contributed by atoms with E-state index in [-0.39, 0.29) is 16.7 Å². The number of anilines is 2. The summed E-state index contributed by atoms with van der Waals surface area (Å²) in [6.45, 7) is 2.46. The van der Waals surface area contributed by atoms with Crippen LogP contribution in [0.3, 0.4) is 0 Å². The normalized spacial score (nSPS) is 13.5. The molecule has 0 radical (unpaired) electrons. The van der Waals surface area contributed by atoms with Crippen LogP contribution < -0.4 is 10.2 Å². The van der Waals surface area contributed by atoms with Gasteiger partial charge in [-0.15, -0.1) is 20.4 Å². The summed E-state index contributed by atoms with van der Waals surface area (Å²) in [5, 5.41) is 21.3. The maximum atomic E-state index is 13.0. The van der Waals surface area contributed by atoms with Crippen LogP contribution in [0.2, 0.25) is 0 Å². The average Bonchev–Trinajstić information content (AvgIpc) is 3.61. The maximum absolute atomic E-state index is 13.0. The molecule has 0 spiro atoms. The molecule has 12 heteroatoms. The van der Waals surface area contributed by atoms with Gasteiger partial charge in [0.2, 0.25) is 11.0 Å². The number of aromatic nitrogens is 5. The Balaban J connectivity index is 1.27. The van der Waals surface area contributed by atoms with Crippen molar-refractivity contribution in [3.63, 3.8) is 0 Å². The number of rotatable bonds is 8. The standard InChI is InChI=1S/C21H20FN7O2S2/c22-14-5-7-15(8-6-14)23-18(30)19-25-24-17(33-19)13-32-21-27-26-20(28-9-1-2-10-28)29(21)12-16-4-3-11-31-16/h3-8,11H,1-2,9-10,12-13H2,(H,23,30). The van der Waals surface area contributed by atoms with Gasteiger partial charge in [-0.2, -0.15) is 0 Å². The third-order valence-electron chi connectivity index (χ3n) is 5.07. The second-order valence-corrected chi connectivity index (χ2v) is 9.40. The summed E-state index contributed by atoms with van der Waals surface area (Å²) in [6.07, 6.45) is 3.94. The highest BCUT2D eigenvalue weighted by Crippen LogP contribution is 2.29. The smallest absolute Gasteiger partial charge is 0.286 e. The molecule has 1 aromatic carbocycles. The lowest BCUT2D eigenvalue weighted by Gasteiger charge is -2.17. The Kier molecular flexibility index (Phi) is 6.35. The number of thioether (sulfide) groups is 1. The van der Waals surface area contributed by atoms with E-state index in [4.69, 9.17) is 4.42 Å². The molecule has 1 saturated heterocycles. The fourth-order valence-electron chi connectivity index (χ4n) is 3.48. The monoisotopic (exact) mass is 485 g/mol.